The minimum absolute atomic E-state index is 0.0471. The van der Waals surface area contributed by atoms with Crippen LogP contribution >= 0.6 is 0 Å². The summed E-state index contributed by atoms with van der Waals surface area (Å²) in [7, 11) is 0. The van der Waals surface area contributed by atoms with Gasteiger partial charge in [-0.15, -0.1) is 11.8 Å². The Balaban J connectivity index is 1.07. The summed E-state index contributed by atoms with van der Waals surface area (Å²) < 4.78 is 60.7. The number of aliphatic hydroxyl groups excluding tert-OH is 14. The number of rotatable bonds is 29. The molecule has 19 N–H and O–H groups in total. The van der Waals surface area contributed by atoms with Crippen molar-refractivity contribution in [3.63, 3.8) is 0 Å². The Labute approximate surface area is 566 Å². The quantitative estimate of drug-likeness (QED) is 0.0262. The third kappa shape index (κ3) is 20.4. The predicted molar refractivity (Wildman–Crippen MR) is 334 cm³/mol. The number of hydrogen-bond donors (Lipinski definition) is 19. The molecule has 0 radical (unpaired) electrons. The molecule has 0 aromatic heterocycles. The number of amides is 5. The molecular formula is C64H101N5O29. The van der Waals surface area contributed by atoms with E-state index in [1.165, 1.54) is 25.5 Å². The van der Waals surface area contributed by atoms with Crippen LogP contribution in [0.3, 0.4) is 0 Å². The maximum absolute atomic E-state index is 13.9. The van der Waals surface area contributed by atoms with Crippen LogP contribution in [0.2, 0.25) is 0 Å². The van der Waals surface area contributed by atoms with Gasteiger partial charge in [0.2, 0.25) is 23.6 Å². The van der Waals surface area contributed by atoms with Crippen LogP contribution in [-0.2, 0) is 61.8 Å². The molecule has 1 aromatic rings. The van der Waals surface area contributed by atoms with Gasteiger partial charge in [-0.3, -0.25) is 24.0 Å². The first-order valence-electron chi connectivity index (χ1n) is 33.3. The van der Waals surface area contributed by atoms with Crippen LogP contribution in [0.4, 0.5) is 0 Å². The van der Waals surface area contributed by atoms with Gasteiger partial charge in [0.1, 0.15) is 109 Å². The van der Waals surface area contributed by atoms with Crippen LogP contribution in [-0.4, -0.2) is 312 Å². The predicted octanol–water partition coefficient (Wildman–Crippen LogP) is -6.60. The molecule has 0 spiro atoms. The van der Waals surface area contributed by atoms with Crippen molar-refractivity contribution in [2.24, 2.45) is 11.8 Å². The maximum Gasteiger partial charge on any atom is 0.251 e. The van der Waals surface area contributed by atoms with Gasteiger partial charge in [-0.05, 0) is 50.8 Å². The molecule has 6 aliphatic rings. The highest BCUT2D eigenvalue weighted by molar-refractivity contribution is 5.94. The number of aliphatic hydroxyl groups is 14. The lowest BCUT2D eigenvalue weighted by molar-refractivity contribution is -0.342. The van der Waals surface area contributed by atoms with Crippen molar-refractivity contribution in [1.29, 1.82) is 0 Å². The molecule has 556 valence electrons. The van der Waals surface area contributed by atoms with Crippen LogP contribution in [0.15, 0.2) is 24.3 Å². The highest BCUT2D eigenvalue weighted by Gasteiger charge is 2.57. The Morgan fingerprint density at radius 3 is 1.56 bits per heavy atom. The number of unbranched alkanes of at least 4 members (excludes halogenated alkanes) is 5. The van der Waals surface area contributed by atoms with E-state index >= 15 is 0 Å². The van der Waals surface area contributed by atoms with Gasteiger partial charge >= 0.3 is 0 Å². The molecule has 34 heteroatoms. The zero-order chi connectivity index (χ0) is 71.8. The molecule has 7 rings (SSSR count). The van der Waals surface area contributed by atoms with E-state index in [4.69, 9.17) is 47.4 Å². The van der Waals surface area contributed by atoms with Gasteiger partial charge in [0.25, 0.3) is 5.91 Å². The smallest absolute Gasteiger partial charge is 0.251 e. The van der Waals surface area contributed by atoms with Crippen molar-refractivity contribution in [2.45, 2.75) is 271 Å². The lowest BCUT2D eigenvalue weighted by atomic mass is 9.77. The van der Waals surface area contributed by atoms with Gasteiger partial charge in [-0.25, -0.2) is 0 Å². The van der Waals surface area contributed by atoms with Crippen LogP contribution in [0, 0.1) is 23.7 Å². The van der Waals surface area contributed by atoms with Crippen molar-refractivity contribution in [3.05, 3.63) is 29.8 Å². The van der Waals surface area contributed by atoms with E-state index in [0.717, 1.165) is 53.4 Å². The summed E-state index contributed by atoms with van der Waals surface area (Å²) in [5.41, 5.74) is 0.0471. The normalized spacial score (nSPS) is 39.6. The Kier molecular flexibility index (Phi) is 31.0. The van der Waals surface area contributed by atoms with Crippen molar-refractivity contribution in [1.82, 2.24) is 26.6 Å². The first-order chi connectivity index (χ1) is 46.7. The molecule has 2 aliphatic carbocycles. The molecule has 6 fully saturated rings. The first kappa shape index (κ1) is 80.3. The molecule has 4 saturated heterocycles. The number of carbonyl (C=O) groups excluding carboxylic acids is 5. The van der Waals surface area contributed by atoms with Gasteiger partial charge in [0, 0.05) is 71.1 Å². The monoisotopic (exact) mass is 1400 g/mol. The van der Waals surface area contributed by atoms with E-state index in [1.54, 1.807) is 12.1 Å². The van der Waals surface area contributed by atoms with Gasteiger partial charge < -0.3 is 145 Å². The summed E-state index contributed by atoms with van der Waals surface area (Å²) >= 11 is 0. The van der Waals surface area contributed by atoms with Crippen molar-refractivity contribution in [2.75, 3.05) is 39.6 Å². The SMILES string of the molecule is CCCCCCC#CCCCOc1cccc(C(=O)N[C@@H]2C(O[C@H]3C(O)C(NC(C)=O)C(OC4C(CO)C[C@@H](O[C@H]5C(O)C(NC(C)=O)C(OC6C(CO[C@@H]7OC(C)C(O)[C@H](O)[C@H]7O)OC(O)[C@@H](NC(C)=O)[C@H]6O)C[C@H]5CO)[C@@H](NC(C)=O)[C@H]4O)O[C@H]3CO)OC(CO)[C@@H](O)[C@@H]2O)c1. The largest absolute Gasteiger partial charge is 0.494 e. The van der Waals surface area contributed by atoms with Crippen molar-refractivity contribution in [3.8, 4) is 17.6 Å². The first-order valence-corrected chi connectivity index (χ1v) is 33.3. The summed E-state index contributed by atoms with van der Waals surface area (Å²) in [6, 6.07) is -1.83. The lowest BCUT2D eigenvalue weighted by Gasteiger charge is -2.52. The molecule has 5 amide bonds. The molecule has 4 aliphatic heterocycles. The molecule has 15 unspecified atom stereocenters. The van der Waals surface area contributed by atoms with E-state index in [2.05, 4.69) is 45.3 Å². The Bertz CT molecular complexity index is 2770. The lowest BCUT2D eigenvalue weighted by Crippen LogP contribution is -2.70. The highest BCUT2D eigenvalue weighted by Crippen LogP contribution is 2.40. The fraction of sp³-hybridized carbons (Fsp3) is 0.797. The van der Waals surface area contributed by atoms with Gasteiger partial charge in [-0.2, -0.15) is 0 Å². The van der Waals surface area contributed by atoms with E-state index in [-0.39, 0.29) is 18.4 Å². The number of benzene rings is 1. The second kappa shape index (κ2) is 37.8. The highest BCUT2D eigenvalue weighted by atomic mass is 16.7. The Morgan fingerprint density at radius 1 is 0.490 bits per heavy atom. The molecule has 4 heterocycles. The standard InChI is InChI=1S/C64H101N5O29/c1-7-8-9-10-11-12-13-14-15-19-89-36-18-16-17-33(20-36)60(87)69-45-49(80)48(79)39(25-72)95-62(45)98-58-40(26-73)96-63(46(53(58)84)68-32(6)77)97-57-35(24-71)22-37(42(51(57)82)65-29(3)74)92-56-34(23-70)21-38(43(50(56)81)66-30(4)75)93-59-41(94-61(88)44(52(59)83)67-31(5)76)27-90-64-55(86)54(85)47(78)28(2)91-64/h16-18,20,28,34-35,37-59,61-64,70-73,78-86,88H,7-11,14-15,19,21-27H2,1-6H3,(H,65,74)(H,66,75)(H,67,76)(H,68,77)(H,69,87)/t28?,34-,35?,37+,38?,39?,40-,41?,42+,43?,44-,45-,46?,47?,48+,49+,50?,51+,52+,53?,54-,55+,56+,57?,58+,59?,61?,62?,63?,64+/m0/s1. The van der Waals surface area contributed by atoms with E-state index < -0.39 is 246 Å². The second-order valence-electron chi connectivity index (χ2n) is 25.9. The van der Waals surface area contributed by atoms with Gasteiger partial charge in [0.05, 0.1) is 69.0 Å². The molecule has 34 nitrogen and oxygen atoms in total. The summed E-state index contributed by atoms with van der Waals surface area (Å²) in [4.78, 5) is 65.2. The Morgan fingerprint density at radius 2 is 0.990 bits per heavy atom. The molecule has 2 saturated carbocycles. The fourth-order valence-corrected chi connectivity index (χ4v) is 13.3. The maximum atomic E-state index is 13.9. The molecule has 1 aromatic carbocycles. The fourth-order valence-electron chi connectivity index (χ4n) is 13.3. The van der Waals surface area contributed by atoms with Gasteiger partial charge in [0.15, 0.2) is 25.2 Å². The number of hydrogen-bond acceptors (Lipinski definition) is 29. The number of nitrogens with one attached hydrogen (secondary N) is 5. The number of ether oxygens (including phenoxy) is 10. The molecule has 0 bridgehead atoms. The number of carbonyl (C=O) groups is 5. The van der Waals surface area contributed by atoms with E-state index in [1.807, 2.05) is 0 Å². The van der Waals surface area contributed by atoms with E-state index in [0.29, 0.717) is 25.2 Å². The molecular weight excluding hydrogens is 1300 g/mol. The van der Waals surface area contributed by atoms with Crippen molar-refractivity contribution >= 4 is 29.5 Å². The Hall–Kier alpha value is -4.99. The van der Waals surface area contributed by atoms with Crippen LogP contribution < -0.4 is 31.3 Å². The topological polar surface area (TPSA) is 521 Å². The average Bonchev–Trinajstić information content (AvgIpc) is 0.772. The molecule has 30 atom stereocenters. The third-order valence-corrected chi connectivity index (χ3v) is 18.5. The third-order valence-electron chi connectivity index (χ3n) is 18.5. The zero-order valence-corrected chi connectivity index (χ0v) is 55.6. The summed E-state index contributed by atoms with van der Waals surface area (Å²) in [6.07, 6.45) is -32.6. The van der Waals surface area contributed by atoms with Crippen LogP contribution in [0.25, 0.3) is 0 Å². The van der Waals surface area contributed by atoms with Gasteiger partial charge in [-0.1, -0.05) is 32.3 Å². The minimum atomic E-state index is -1.97. The average molecular weight is 1400 g/mol. The summed E-state index contributed by atoms with van der Waals surface area (Å²) in [6.45, 7) is 4.14. The van der Waals surface area contributed by atoms with Crippen molar-refractivity contribution < 1.29 is 143 Å². The molecule has 98 heavy (non-hydrogen) atoms. The van der Waals surface area contributed by atoms with E-state index in [9.17, 15) is 95.5 Å². The summed E-state index contributed by atoms with van der Waals surface area (Å²) in [5, 5.41) is 170. The second-order valence-corrected chi connectivity index (χ2v) is 25.9. The summed E-state index contributed by atoms with van der Waals surface area (Å²) in [5.74, 6) is 0.514. The van der Waals surface area contributed by atoms with Crippen LogP contribution in [0.5, 0.6) is 5.75 Å². The zero-order valence-electron chi connectivity index (χ0n) is 55.6. The minimum Gasteiger partial charge on any atom is -0.494 e. The van der Waals surface area contributed by atoms with Crippen LogP contribution in [0.1, 0.15) is 110 Å².